The maximum absolute atomic E-state index is 4.40. The van der Waals surface area contributed by atoms with Crippen LogP contribution in [0, 0.1) is 0 Å². The second kappa shape index (κ2) is 3.91. The molecule has 0 aliphatic carbocycles. The van der Waals surface area contributed by atoms with Gasteiger partial charge in [0.1, 0.15) is 5.65 Å². The Balaban J connectivity index is 2.46. The van der Waals surface area contributed by atoms with Crippen LogP contribution in [-0.2, 0) is 13.5 Å². The number of fused-ring (bicyclic) bond motifs is 1. The summed E-state index contributed by atoms with van der Waals surface area (Å²) in [6.45, 7) is 4.42. The van der Waals surface area contributed by atoms with Gasteiger partial charge in [-0.05, 0) is 45.0 Å². The van der Waals surface area contributed by atoms with Crippen LogP contribution in [-0.4, -0.2) is 22.1 Å². The summed E-state index contributed by atoms with van der Waals surface area (Å²) in [6.07, 6.45) is 5.03. The van der Waals surface area contributed by atoms with Gasteiger partial charge in [0.15, 0.2) is 0 Å². The molecule has 0 aromatic carbocycles. The summed E-state index contributed by atoms with van der Waals surface area (Å²) >= 11 is 0. The summed E-state index contributed by atoms with van der Waals surface area (Å²) in [5, 5.41) is 4.59. The zero-order valence-corrected chi connectivity index (χ0v) is 10.4. The van der Waals surface area contributed by atoms with Crippen LogP contribution in [0.4, 0.5) is 0 Å². The highest BCUT2D eigenvalue weighted by atomic mass is 15.0. The molecule has 0 aliphatic rings. The van der Waals surface area contributed by atoms with E-state index in [0.29, 0.717) is 0 Å². The molecule has 0 aliphatic heterocycles. The first kappa shape index (κ1) is 11.1. The Labute approximate surface area is 96.5 Å². The Kier molecular flexibility index (Phi) is 2.72. The van der Waals surface area contributed by atoms with Gasteiger partial charge in [-0.25, -0.2) is 4.98 Å². The van der Waals surface area contributed by atoms with Crippen LogP contribution in [0.1, 0.15) is 19.4 Å². The highest BCUT2D eigenvalue weighted by Gasteiger charge is 2.18. The SMILES string of the molecule is CNC(C)(C)Cc1cn(C)c2ncccc12. The predicted octanol–water partition coefficient (Wildman–Crippen LogP) is 2.11. The van der Waals surface area contributed by atoms with Crippen molar-refractivity contribution in [2.45, 2.75) is 25.8 Å². The molecule has 0 fully saturated rings. The van der Waals surface area contributed by atoms with E-state index in [4.69, 9.17) is 0 Å². The maximum Gasteiger partial charge on any atom is 0.139 e. The van der Waals surface area contributed by atoms with E-state index in [1.54, 1.807) is 0 Å². The molecule has 0 atom stereocenters. The number of likely N-dealkylation sites (N-methyl/N-ethyl adjacent to an activating group) is 1. The number of nitrogens with one attached hydrogen (secondary N) is 1. The van der Waals surface area contributed by atoms with Crippen LogP contribution >= 0.6 is 0 Å². The minimum absolute atomic E-state index is 0.115. The van der Waals surface area contributed by atoms with Gasteiger partial charge in [0, 0.05) is 30.4 Å². The van der Waals surface area contributed by atoms with Gasteiger partial charge in [0.25, 0.3) is 0 Å². The summed E-state index contributed by atoms with van der Waals surface area (Å²) in [4.78, 5) is 4.40. The zero-order valence-electron chi connectivity index (χ0n) is 10.4. The normalized spacial score (nSPS) is 12.2. The Bertz CT molecular complexity index is 497. The van der Waals surface area contributed by atoms with E-state index in [-0.39, 0.29) is 5.54 Å². The Morgan fingerprint density at radius 3 is 2.88 bits per heavy atom. The van der Waals surface area contributed by atoms with Crippen molar-refractivity contribution >= 4 is 11.0 Å². The monoisotopic (exact) mass is 217 g/mol. The molecule has 2 rings (SSSR count). The Morgan fingerprint density at radius 1 is 1.44 bits per heavy atom. The van der Waals surface area contributed by atoms with Crippen molar-refractivity contribution in [3.63, 3.8) is 0 Å². The van der Waals surface area contributed by atoms with Gasteiger partial charge in [-0.15, -0.1) is 0 Å². The average Bonchev–Trinajstić information content (AvgIpc) is 2.56. The van der Waals surface area contributed by atoms with Crippen LogP contribution in [0.3, 0.4) is 0 Å². The molecule has 0 bridgehead atoms. The number of pyridine rings is 1. The molecule has 2 aromatic rings. The summed E-state index contributed by atoms with van der Waals surface area (Å²) in [5.41, 5.74) is 2.53. The van der Waals surface area contributed by atoms with Crippen LogP contribution < -0.4 is 5.32 Å². The van der Waals surface area contributed by atoms with Crippen LogP contribution in [0.2, 0.25) is 0 Å². The van der Waals surface area contributed by atoms with Gasteiger partial charge >= 0.3 is 0 Å². The lowest BCUT2D eigenvalue weighted by molar-refractivity contribution is 0.423. The molecule has 3 nitrogen and oxygen atoms in total. The largest absolute Gasteiger partial charge is 0.335 e. The van der Waals surface area contributed by atoms with Crippen molar-refractivity contribution < 1.29 is 0 Å². The molecule has 86 valence electrons. The molecular weight excluding hydrogens is 198 g/mol. The second-order valence-electron chi connectivity index (χ2n) is 4.95. The summed E-state index contributed by atoms with van der Waals surface area (Å²) in [5.74, 6) is 0. The van der Waals surface area contributed by atoms with E-state index in [2.05, 4.69) is 41.0 Å². The molecule has 2 aromatic heterocycles. The fourth-order valence-corrected chi connectivity index (χ4v) is 2.00. The lowest BCUT2D eigenvalue weighted by Crippen LogP contribution is -2.38. The van der Waals surface area contributed by atoms with E-state index in [9.17, 15) is 0 Å². The average molecular weight is 217 g/mol. The zero-order chi connectivity index (χ0) is 11.8. The molecule has 3 heteroatoms. The third-order valence-electron chi connectivity index (χ3n) is 3.13. The molecular formula is C13H19N3. The predicted molar refractivity (Wildman–Crippen MR) is 67.6 cm³/mol. The topological polar surface area (TPSA) is 29.9 Å². The molecule has 0 unspecified atom stereocenters. The quantitative estimate of drug-likeness (QED) is 0.853. The van der Waals surface area contributed by atoms with E-state index in [1.165, 1.54) is 10.9 Å². The van der Waals surface area contributed by atoms with Crippen LogP contribution in [0.5, 0.6) is 0 Å². The first-order valence-electron chi connectivity index (χ1n) is 5.61. The number of hydrogen-bond acceptors (Lipinski definition) is 2. The van der Waals surface area contributed by atoms with E-state index < -0.39 is 0 Å². The highest BCUT2D eigenvalue weighted by Crippen LogP contribution is 2.22. The Hall–Kier alpha value is -1.35. The first-order chi connectivity index (χ1) is 7.53. The summed E-state index contributed by atoms with van der Waals surface area (Å²) in [6, 6.07) is 4.14. The molecule has 0 amide bonds. The third kappa shape index (κ3) is 1.95. The standard InChI is InChI=1S/C13H19N3/c1-13(2,14-3)8-10-9-16(4)12-11(10)6-5-7-15-12/h5-7,9,14H,8H2,1-4H3. The summed E-state index contributed by atoms with van der Waals surface area (Å²) < 4.78 is 2.09. The van der Waals surface area contributed by atoms with Gasteiger partial charge in [-0.2, -0.15) is 0 Å². The Morgan fingerprint density at radius 2 is 2.19 bits per heavy atom. The van der Waals surface area contributed by atoms with Crippen molar-refractivity contribution in [2.24, 2.45) is 7.05 Å². The van der Waals surface area contributed by atoms with Gasteiger partial charge < -0.3 is 9.88 Å². The number of aromatic nitrogens is 2. The smallest absolute Gasteiger partial charge is 0.139 e. The number of aryl methyl sites for hydroxylation is 1. The molecule has 0 spiro atoms. The minimum Gasteiger partial charge on any atom is -0.335 e. The van der Waals surface area contributed by atoms with E-state index in [1.807, 2.05) is 26.4 Å². The van der Waals surface area contributed by atoms with Crippen molar-refractivity contribution in [3.05, 3.63) is 30.1 Å². The second-order valence-corrected chi connectivity index (χ2v) is 4.95. The summed E-state index contributed by atoms with van der Waals surface area (Å²) in [7, 11) is 4.05. The number of hydrogen-bond donors (Lipinski definition) is 1. The van der Waals surface area contributed by atoms with Gasteiger partial charge in [0.05, 0.1) is 0 Å². The fraction of sp³-hybridized carbons (Fsp3) is 0.462. The van der Waals surface area contributed by atoms with Crippen molar-refractivity contribution in [1.29, 1.82) is 0 Å². The van der Waals surface area contributed by atoms with E-state index in [0.717, 1.165) is 12.1 Å². The first-order valence-corrected chi connectivity index (χ1v) is 5.61. The molecule has 2 heterocycles. The van der Waals surface area contributed by atoms with Crippen LogP contribution in [0.15, 0.2) is 24.5 Å². The maximum atomic E-state index is 4.40. The molecule has 0 saturated carbocycles. The van der Waals surface area contributed by atoms with Gasteiger partial charge in [-0.3, -0.25) is 0 Å². The lowest BCUT2D eigenvalue weighted by atomic mass is 9.95. The van der Waals surface area contributed by atoms with E-state index >= 15 is 0 Å². The third-order valence-corrected chi connectivity index (χ3v) is 3.13. The van der Waals surface area contributed by atoms with Crippen molar-refractivity contribution in [2.75, 3.05) is 7.05 Å². The van der Waals surface area contributed by atoms with Crippen molar-refractivity contribution in [3.8, 4) is 0 Å². The minimum atomic E-state index is 0.115. The molecule has 16 heavy (non-hydrogen) atoms. The molecule has 0 saturated heterocycles. The van der Waals surface area contributed by atoms with Gasteiger partial charge in [-0.1, -0.05) is 0 Å². The van der Waals surface area contributed by atoms with Crippen molar-refractivity contribution in [1.82, 2.24) is 14.9 Å². The number of nitrogens with zero attached hydrogens (tertiary/aromatic N) is 2. The molecule has 1 N–H and O–H groups in total. The molecule has 0 radical (unpaired) electrons. The number of rotatable bonds is 3. The van der Waals surface area contributed by atoms with Gasteiger partial charge in [0.2, 0.25) is 0 Å². The fourth-order valence-electron chi connectivity index (χ4n) is 2.00. The lowest BCUT2D eigenvalue weighted by Gasteiger charge is -2.23. The highest BCUT2D eigenvalue weighted by molar-refractivity contribution is 5.80. The van der Waals surface area contributed by atoms with Crippen LogP contribution in [0.25, 0.3) is 11.0 Å².